The molecule has 0 saturated heterocycles. The molecule has 3 aromatic carbocycles. The van der Waals surface area contributed by atoms with E-state index in [0.29, 0.717) is 0 Å². The van der Waals surface area contributed by atoms with Gasteiger partial charge in [-0.2, -0.15) is 0 Å². The van der Waals surface area contributed by atoms with Crippen molar-refractivity contribution in [2.24, 2.45) is 0 Å². The molecule has 0 saturated carbocycles. The molecule has 28 heavy (non-hydrogen) atoms. The molecule has 0 amide bonds. The second kappa shape index (κ2) is 7.29. The van der Waals surface area contributed by atoms with Crippen molar-refractivity contribution < 1.29 is 21.9 Å². The number of anilines is 1. The summed E-state index contributed by atoms with van der Waals surface area (Å²) in [5.41, 5.74) is 1.60. The van der Waals surface area contributed by atoms with Crippen molar-refractivity contribution in [1.82, 2.24) is 0 Å². The van der Waals surface area contributed by atoms with Gasteiger partial charge in [0.25, 0.3) is 10.0 Å². The molecule has 0 heterocycles. The summed E-state index contributed by atoms with van der Waals surface area (Å²) in [7, 11) is -7.86. The van der Waals surface area contributed by atoms with Gasteiger partial charge in [0.05, 0.1) is 20.4 Å². The molecule has 6 nitrogen and oxygen atoms in total. The third-order valence-electron chi connectivity index (χ3n) is 4.19. The first kappa shape index (κ1) is 19.9. The Bertz CT molecular complexity index is 1210. The lowest BCUT2D eigenvalue weighted by atomic mass is 10.2. The Morgan fingerprint density at radius 2 is 1.14 bits per heavy atom. The van der Waals surface area contributed by atoms with E-state index < -0.39 is 19.9 Å². The van der Waals surface area contributed by atoms with Gasteiger partial charge in [0.1, 0.15) is 5.75 Å². The van der Waals surface area contributed by atoms with Gasteiger partial charge in [0, 0.05) is 0 Å². The maximum atomic E-state index is 12.8. The van der Waals surface area contributed by atoms with Crippen molar-refractivity contribution >= 4 is 25.5 Å². The predicted molar refractivity (Wildman–Crippen MR) is 107 cm³/mol. The molecule has 8 heteroatoms. The van der Waals surface area contributed by atoms with Crippen LogP contribution in [0.15, 0.2) is 81.4 Å². The first-order valence-electron chi connectivity index (χ1n) is 8.34. The Kier molecular flexibility index (Phi) is 5.18. The summed E-state index contributed by atoms with van der Waals surface area (Å²) >= 11 is 0. The number of benzene rings is 3. The van der Waals surface area contributed by atoms with Crippen molar-refractivity contribution in [2.45, 2.75) is 28.5 Å². The largest absolute Gasteiger partial charge is 0.506 e. The quantitative estimate of drug-likeness (QED) is 0.617. The number of phenols is 1. The van der Waals surface area contributed by atoms with Crippen molar-refractivity contribution in [1.29, 1.82) is 0 Å². The molecule has 0 unspecified atom stereocenters. The number of sulfonamides is 1. The molecule has 0 aliphatic rings. The number of hydrogen-bond acceptors (Lipinski definition) is 5. The maximum Gasteiger partial charge on any atom is 0.262 e. The highest BCUT2D eigenvalue weighted by Gasteiger charge is 2.21. The molecule has 0 aromatic heterocycles. The topological polar surface area (TPSA) is 101 Å². The van der Waals surface area contributed by atoms with Crippen LogP contribution in [-0.2, 0) is 19.9 Å². The number of sulfone groups is 1. The third kappa shape index (κ3) is 4.02. The molecule has 3 aromatic rings. The predicted octanol–water partition coefficient (Wildman–Crippen LogP) is 3.64. The molecular weight excluding hydrogens is 398 g/mol. The van der Waals surface area contributed by atoms with Crippen LogP contribution in [0.3, 0.4) is 0 Å². The molecule has 0 spiro atoms. The Morgan fingerprint density at radius 1 is 0.679 bits per heavy atom. The summed E-state index contributed by atoms with van der Waals surface area (Å²) in [5, 5.41) is 10.0. The zero-order valence-electron chi connectivity index (χ0n) is 15.2. The van der Waals surface area contributed by atoms with Gasteiger partial charge in [-0.15, -0.1) is 0 Å². The molecule has 0 bridgehead atoms. The van der Waals surface area contributed by atoms with E-state index in [0.717, 1.165) is 23.3 Å². The van der Waals surface area contributed by atoms with E-state index in [2.05, 4.69) is 4.72 Å². The normalized spacial score (nSPS) is 11.9. The van der Waals surface area contributed by atoms with Crippen molar-refractivity contribution in [3.63, 3.8) is 0 Å². The van der Waals surface area contributed by atoms with Gasteiger partial charge < -0.3 is 5.11 Å². The average Bonchev–Trinajstić information content (AvgIpc) is 2.64. The molecule has 146 valence electrons. The van der Waals surface area contributed by atoms with Crippen LogP contribution in [0, 0.1) is 13.8 Å². The first-order chi connectivity index (χ1) is 13.1. The number of nitrogens with one attached hydrogen (secondary N) is 1. The van der Waals surface area contributed by atoms with Crippen molar-refractivity contribution in [3.05, 3.63) is 77.9 Å². The lowest BCUT2D eigenvalue weighted by Crippen LogP contribution is -2.13. The van der Waals surface area contributed by atoms with Crippen LogP contribution in [0.5, 0.6) is 5.75 Å². The fourth-order valence-corrected chi connectivity index (χ4v) is 4.89. The summed E-state index contributed by atoms with van der Waals surface area (Å²) in [6.07, 6.45) is 0. The van der Waals surface area contributed by atoms with E-state index in [-0.39, 0.29) is 26.1 Å². The third-order valence-corrected chi connectivity index (χ3v) is 7.33. The zero-order valence-corrected chi connectivity index (χ0v) is 16.9. The SMILES string of the molecule is Cc1ccc(S(=O)(=O)Nc2cc(S(=O)(=O)c3ccc(C)cc3)ccc2O)cc1. The van der Waals surface area contributed by atoms with Gasteiger partial charge in [-0.3, -0.25) is 4.72 Å². The molecule has 0 atom stereocenters. The Hall–Kier alpha value is -2.84. The van der Waals surface area contributed by atoms with E-state index in [1.54, 1.807) is 24.3 Å². The second-order valence-corrected chi connectivity index (χ2v) is 10.0. The smallest absolute Gasteiger partial charge is 0.262 e. The summed E-state index contributed by atoms with van der Waals surface area (Å²) in [5.74, 6) is -0.376. The standard InChI is InChI=1S/C20H19NO5S2/c1-14-3-7-16(8-4-14)27(23,24)18-11-12-20(22)19(13-18)21-28(25,26)17-9-5-15(2)6-10-17/h3-13,21-22H,1-2H3. The monoisotopic (exact) mass is 417 g/mol. The van der Waals surface area contributed by atoms with E-state index in [4.69, 9.17) is 0 Å². The number of hydrogen-bond donors (Lipinski definition) is 2. The Labute approximate surface area is 164 Å². The minimum atomic E-state index is -3.99. The molecule has 0 fully saturated rings. The van der Waals surface area contributed by atoms with Crippen LogP contribution in [-0.4, -0.2) is 21.9 Å². The molecular formula is C20H19NO5S2. The van der Waals surface area contributed by atoms with E-state index in [9.17, 15) is 21.9 Å². The summed E-state index contributed by atoms with van der Waals surface area (Å²) < 4.78 is 53.0. The van der Waals surface area contributed by atoms with Gasteiger partial charge >= 0.3 is 0 Å². The number of rotatable bonds is 5. The van der Waals surface area contributed by atoms with E-state index in [1.807, 2.05) is 13.8 Å². The van der Waals surface area contributed by atoms with Crippen LogP contribution >= 0.6 is 0 Å². The summed E-state index contributed by atoms with van der Waals surface area (Å²) in [6.45, 7) is 3.67. The maximum absolute atomic E-state index is 12.8. The molecule has 0 aliphatic carbocycles. The summed E-state index contributed by atoms with van der Waals surface area (Å²) in [4.78, 5) is -0.0452. The zero-order chi connectivity index (χ0) is 20.5. The van der Waals surface area contributed by atoms with Crippen LogP contribution in [0.4, 0.5) is 5.69 Å². The second-order valence-electron chi connectivity index (χ2n) is 6.41. The van der Waals surface area contributed by atoms with E-state index in [1.165, 1.54) is 30.3 Å². The van der Waals surface area contributed by atoms with Gasteiger partial charge in [-0.1, -0.05) is 35.4 Å². The highest BCUT2D eigenvalue weighted by Crippen LogP contribution is 2.31. The number of phenolic OH excluding ortho intramolecular Hbond substituents is 1. The summed E-state index contributed by atoms with van der Waals surface area (Å²) in [6, 6.07) is 15.9. The Balaban J connectivity index is 2.00. The van der Waals surface area contributed by atoms with Gasteiger partial charge in [0.2, 0.25) is 9.84 Å². The fraction of sp³-hybridized carbons (Fsp3) is 0.100. The lowest BCUT2D eigenvalue weighted by molar-refractivity contribution is 0.477. The molecule has 0 aliphatic heterocycles. The number of aryl methyl sites for hydroxylation is 2. The molecule has 3 rings (SSSR count). The van der Waals surface area contributed by atoms with Gasteiger partial charge in [-0.05, 0) is 56.3 Å². The van der Waals surface area contributed by atoms with Crippen LogP contribution in [0.1, 0.15) is 11.1 Å². The van der Waals surface area contributed by atoms with Gasteiger partial charge in [0.15, 0.2) is 0 Å². The van der Waals surface area contributed by atoms with Crippen molar-refractivity contribution in [2.75, 3.05) is 4.72 Å². The van der Waals surface area contributed by atoms with Gasteiger partial charge in [-0.25, -0.2) is 16.8 Å². The molecule has 0 radical (unpaired) electrons. The fourth-order valence-electron chi connectivity index (χ4n) is 2.54. The minimum absolute atomic E-state index is 0.00398. The Morgan fingerprint density at radius 3 is 1.68 bits per heavy atom. The number of aromatic hydroxyl groups is 1. The van der Waals surface area contributed by atoms with Crippen molar-refractivity contribution in [3.8, 4) is 5.75 Å². The van der Waals surface area contributed by atoms with Crippen LogP contribution in [0.25, 0.3) is 0 Å². The minimum Gasteiger partial charge on any atom is -0.506 e. The highest BCUT2D eigenvalue weighted by molar-refractivity contribution is 7.92. The highest BCUT2D eigenvalue weighted by atomic mass is 32.2. The van der Waals surface area contributed by atoms with E-state index >= 15 is 0 Å². The lowest BCUT2D eigenvalue weighted by Gasteiger charge is -2.12. The van der Waals surface area contributed by atoms with Crippen LogP contribution in [0.2, 0.25) is 0 Å². The van der Waals surface area contributed by atoms with Crippen LogP contribution < -0.4 is 4.72 Å². The average molecular weight is 418 g/mol. The molecule has 2 N–H and O–H groups in total. The first-order valence-corrected chi connectivity index (χ1v) is 11.3.